The van der Waals surface area contributed by atoms with Crippen molar-refractivity contribution < 1.29 is 22.4 Å². The summed E-state index contributed by atoms with van der Waals surface area (Å²) in [4.78, 5) is 26.3. The van der Waals surface area contributed by atoms with Gasteiger partial charge in [0.2, 0.25) is 0 Å². The molecule has 112 valence electrons. The van der Waals surface area contributed by atoms with Crippen LogP contribution in [0.4, 0.5) is 14.9 Å². The third kappa shape index (κ3) is 2.39. The highest BCUT2D eigenvalue weighted by Gasteiger charge is 2.44. The van der Waals surface area contributed by atoms with Crippen LogP contribution in [-0.4, -0.2) is 49.3 Å². The molecule has 3 rings (SSSR count). The van der Waals surface area contributed by atoms with Gasteiger partial charge < -0.3 is 4.90 Å². The number of carbonyl (C=O) groups excluding carboxylic acids is 2. The van der Waals surface area contributed by atoms with Crippen molar-refractivity contribution in [1.29, 1.82) is 0 Å². The van der Waals surface area contributed by atoms with Gasteiger partial charge in [-0.2, -0.15) is 0 Å². The molecule has 1 aromatic carbocycles. The summed E-state index contributed by atoms with van der Waals surface area (Å²) in [6, 6.07) is 4.33. The standard InChI is InChI=1S/C13H13FN2O4S/c14-10-3-1-2-4-11(10)16-12(17)7-15(13(16)18)9-5-6-21(19,20)8-9/h1-4,9H,5-8H2. The first-order chi connectivity index (χ1) is 9.89. The highest BCUT2D eigenvalue weighted by molar-refractivity contribution is 7.91. The van der Waals surface area contributed by atoms with Crippen molar-refractivity contribution in [3.8, 4) is 0 Å². The Kier molecular flexibility index (Phi) is 3.20. The average Bonchev–Trinajstić information content (AvgIpc) is 2.91. The van der Waals surface area contributed by atoms with Crippen molar-refractivity contribution >= 4 is 27.5 Å². The van der Waals surface area contributed by atoms with Crippen LogP contribution in [0.5, 0.6) is 0 Å². The molecule has 0 aromatic heterocycles. The van der Waals surface area contributed by atoms with E-state index in [0.717, 1.165) is 4.90 Å². The second-order valence-corrected chi connectivity index (χ2v) is 7.38. The molecule has 2 heterocycles. The van der Waals surface area contributed by atoms with Gasteiger partial charge in [-0.25, -0.2) is 22.5 Å². The first-order valence-electron chi connectivity index (χ1n) is 6.47. The molecular weight excluding hydrogens is 299 g/mol. The molecule has 0 bridgehead atoms. The molecule has 1 aromatic rings. The Labute approximate surface area is 121 Å². The van der Waals surface area contributed by atoms with Crippen LogP contribution < -0.4 is 4.90 Å². The number of amides is 3. The van der Waals surface area contributed by atoms with Gasteiger partial charge in [-0.15, -0.1) is 0 Å². The van der Waals surface area contributed by atoms with E-state index < -0.39 is 33.6 Å². The normalized spacial score (nSPS) is 24.9. The number of sulfone groups is 1. The summed E-state index contributed by atoms with van der Waals surface area (Å²) in [6.45, 7) is -0.215. The minimum absolute atomic E-state index is 0.00926. The van der Waals surface area contributed by atoms with Gasteiger partial charge in [0.25, 0.3) is 5.91 Å². The highest BCUT2D eigenvalue weighted by Crippen LogP contribution is 2.28. The molecule has 2 fully saturated rings. The molecule has 8 heteroatoms. The van der Waals surface area contributed by atoms with E-state index in [-0.39, 0.29) is 23.7 Å². The van der Waals surface area contributed by atoms with Crippen LogP contribution in [0.3, 0.4) is 0 Å². The molecule has 2 aliphatic heterocycles. The number of nitrogens with zero attached hydrogens (tertiary/aromatic N) is 2. The van der Waals surface area contributed by atoms with E-state index in [1.807, 2.05) is 0 Å². The highest BCUT2D eigenvalue weighted by atomic mass is 32.2. The van der Waals surface area contributed by atoms with E-state index in [4.69, 9.17) is 0 Å². The summed E-state index contributed by atoms with van der Waals surface area (Å²) in [5.74, 6) is -1.35. The fourth-order valence-electron chi connectivity index (χ4n) is 2.70. The summed E-state index contributed by atoms with van der Waals surface area (Å²) in [6.07, 6.45) is 0.312. The lowest BCUT2D eigenvalue weighted by atomic mass is 10.2. The number of anilines is 1. The Bertz CT molecular complexity index is 719. The van der Waals surface area contributed by atoms with Crippen LogP contribution in [0.1, 0.15) is 6.42 Å². The SMILES string of the molecule is O=C1CN(C2CCS(=O)(=O)C2)C(=O)N1c1ccccc1F. The fraction of sp³-hybridized carbons (Fsp3) is 0.385. The van der Waals surface area contributed by atoms with Crippen molar-refractivity contribution in [3.05, 3.63) is 30.1 Å². The van der Waals surface area contributed by atoms with Crippen molar-refractivity contribution in [2.75, 3.05) is 23.0 Å². The van der Waals surface area contributed by atoms with E-state index in [1.54, 1.807) is 0 Å². The largest absolute Gasteiger partial charge is 0.332 e. The zero-order chi connectivity index (χ0) is 15.2. The van der Waals surface area contributed by atoms with Gasteiger partial charge in [0.15, 0.2) is 9.84 Å². The molecule has 21 heavy (non-hydrogen) atoms. The third-order valence-electron chi connectivity index (χ3n) is 3.73. The molecule has 0 spiro atoms. The van der Waals surface area contributed by atoms with Crippen molar-refractivity contribution in [2.45, 2.75) is 12.5 Å². The van der Waals surface area contributed by atoms with Crippen LogP contribution >= 0.6 is 0 Å². The number of benzene rings is 1. The third-order valence-corrected chi connectivity index (χ3v) is 5.48. The monoisotopic (exact) mass is 312 g/mol. The van der Waals surface area contributed by atoms with Crippen molar-refractivity contribution in [2.24, 2.45) is 0 Å². The Hall–Kier alpha value is -1.96. The van der Waals surface area contributed by atoms with E-state index >= 15 is 0 Å². The number of rotatable bonds is 2. The Balaban J connectivity index is 1.88. The maximum Gasteiger partial charge on any atom is 0.332 e. The van der Waals surface area contributed by atoms with Gasteiger partial charge in [-0.3, -0.25) is 4.79 Å². The molecule has 0 aliphatic carbocycles. The second kappa shape index (κ2) is 4.80. The second-order valence-electron chi connectivity index (χ2n) is 5.15. The van der Waals surface area contributed by atoms with Crippen LogP contribution in [0.15, 0.2) is 24.3 Å². The molecule has 0 N–H and O–H groups in total. The molecule has 1 unspecified atom stereocenters. The molecular formula is C13H13FN2O4S. The lowest BCUT2D eigenvalue weighted by Gasteiger charge is -2.22. The minimum atomic E-state index is -3.16. The predicted octanol–water partition coefficient (Wildman–Crippen LogP) is 0.781. The Morgan fingerprint density at radius 1 is 1.19 bits per heavy atom. The van der Waals surface area contributed by atoms with E-state index in [2.05, 4.69) is 0 Å². The number of imide groups is 1. The number of carbonyl (C=O) groups is 2. The lowest BCUT2D eigenvalue weighted by molar-refractivity contribution is -0.116. The Morgan fingerprint density at radius 3 is 2.52 bits per heavy atom. The smallest absolute Gasteiger partial charge is 0.311 e. The molecule has 2 aliphatic rings. The van der Waals surface area contributed by atoms with E-state index in [1.165, 1.54) is 29.2 Å². The summed E-state index contributed by atoms with van der Waals surface area (Å²) in [5, 5.41) is 0. The lowest BCUT2D eigenvalue weighted by Crippen LogP contribution is -2.40. The number of urea groups is 1. The predicted molar refractivity (Wildman–Crippen MR) is 73.0 cm³/mol. The first kappa shape index (κ1) is 14.0. The maximum absolute atomic E-state index is 13.8. The van der Waals surface area contributed by atoms with Gasteiger partial charge in [0.1, 0.15) is 12.4 Å². The first-order valence-corrected chi connectivity index (χ1v) is 8.30. The minimum Gasteiger partial charge on any atom is -0.311 e. The number of halogens is 1. The quantitative estimate of drug-likeness (QED) is 0.756. The van der Waals surface area contributed by atoms with Gasteiger partial charge >= 0.3 is 6.03 Å². The van der Waals surface area contributed by atoms with Gasteiger partial charge in [-0.05, 0) is 18.6 Å². The zero-order valence-electron chi connectivity index (χ0n) is 11.0. The molecule has 0 radical (unpaired) electrons. The maximum atomic E-state index is 13.8. The van der Waals surface area contributed by atoms with Crippen LogP contribution in [0.25, 0.3) is 0 Å². The van der Waals surface area contributed by atoms with Crippen molar-refractivity contribution in [3.63, 3.8) is 0 Å². The number of hydrogen-bond donors (Lipinski definition) is 0. The number of hydrogen-bond acceptors (Lipinski definition) is 4. The average molecular weight is 312 g/mol. The summed E-state index contributed by atoms with van der Waals surface area (Å²) >= 11 is 0. The summed E-state index contributed by atoms with van der Waals surface area (Å²) in [7, 11) is -3.16. The van der Waals surface area contributed by atoms with Crippen LogP contribution in [0, 0.1) is 5.82 Å². The molecule has 3 amide bonds. The molecule has 2 saturated heterocycles. The fourth-order valence-corrected chi connectivity index (χ4v) is 4.43. The van der Waals surface area contributed by atoms with Gasteiger partial charge in [0, 0.05) is 6.04 Å². The summed E-state index contributed by atoms with van der Waals surface area (Å²) in [5.41, 5.74) is -0.101. The van der Waals surface area contributed by atoms with E-state index in [0.29, 0.717) is 6.42 Å². The van der Waals surface area contributed by atoms with E-state index in [9.17, 15) is 22.4 Å². The summed E-state index contributed by atoms with van der Waals surface area (Å²) < 4.78 is 36.7. The van der Waals surface area contributed by atoms with Gasteiger partial charge in [-0.1, -0.05) is 12.1 Å². The number of para-hydroxylation sites is 1. The van der Waals surface area contributed by atoms with Gasteiger partial charge in [0.05, 0.1) is 17.2 Å². The molecule has 1 atom stereocenters. The Morgan fingerprint density at radius 2 is 1.90 bits per heavy atom. The molecule has 0 saturated carbocycles. The topological polar surface area (TPSA) is 74.8 Å². The zero-order valence-corrected chi connectivity index (χ0v) is 11.8. The molecule has 6 nitrogen and oxygen atoms in total. The van der Waals surface area contributed by atoms with Crippen molar-refractivity contribution in [1.82, 2.24) is 4.90 Å². The van der Waals surface area contributed by atoms with Crippen LogP contribution in [-0.2, 0) is 14.6 Å². The van der Waals surface area contributed by atoms with Crippen LogP contribution in [0.2, 0.25) is 0 Å².